The van der Waals surface area contributed by atoms with Crippen LogP contribution in [0.15, 0.2) is 72.1 Å². The van der Waals surface area contributed by atoms with Gasteiger partial charge in [0, 0.05) is 75.8 Å². The summed E-state index contributed by atoms with van der Waals surface area (Å²) < 4.78 is 10.3. The van der Waals surface area contributed by atoms with Crippen LogP contribution >= 0.6 is 0 Å². The van der Waals surface area contributed by atoms with Crippen molar-refractivity contribution < 1.29 is 19.4 Å². The molecular formula is C41H58N4O4. The maximum absolute atomic E-state index is 12.0. The number of fused-ring (bicyclic) bond motifs is 2. The fourth-order valence-corrected chi connectivity index (χ4v) is 6.34. The number of aliphatic hydroxyl groups is 1. The van der Waals surface area contributed by atoms with Crippen molar-refractivity contribution in [2.75, 3.05) is 52.6 Å². The van der Waals surface area contributed by atoms with Crippen molar-refractivity contribution in [1.29, 1.82) is 0 Å². The van der Waals surface area contributed by atoms with Crippen LogP contribution in [-0.4, -0.2) is 78.7 Å². The van der Waals surface area contributed by atoms with Crippen LogP contribution in [0.25, 0.3) is 11.1 Å². The number of allylic oxidation sites excluding steroid dienone is 4. The number of aliphatic hydroxyl groups excluding tert-OH is 1. The summed E-state index contributed by atoms with van der Waals surface area (Å²) in [5.41, 5.74) is 10.5. The predicted octanol–water partition coefficient (Wildman–Crippen LogP) is 7.89. The van der Waals surface area contributed by atoms with Crippen molar-refractivity contribution in [3.05, 3.63) is 94.6 Å². The van der Waals surface area contributed by atoms with E-state index in [2.05, 4.69) is 65.6 Å². The molecule has 0 aromatic carbocycles. The number of carbonyl (C=O) groups excluding carboxylic acids is 1. The van der Waals surface area contributed by atoms with Gasteiger partial charge in [-0.2, -0.15) is 0 Å². The molecule has 3 aliphatic heterocycles. The number of carbonyl (C=O) groups is 1. The lowest BCUT2D eigenvalue weighted by Gasteiger charge is -2.26. The van der Waals surface area contributed by atoms with Gasteiger partial charge < -0.3 is 24.8 Å². The van der Waals surface area contributed by atoms with E-state index in [1.54, 1.807) is 4.90 Å². The van der Waals surface area contributed by atoms with E-state index < -0.39 is 0 Å². The van der Waals surface area contributed by atoms with Gasteiger partial charge in [0.15, 0.2) is 0 Å². The zero-order valence-corrected chi connectivity index (χ0v) is 29.9. The van der Waals surface area contributed by atoms with Crippen molar-refractivity contribution in [2.45, 2.75) is 90.9 Å². The molecule has 1 saturated heterocycles. The fourth-order valence-electron chi connectivity index (χ4n) is 6.34. The summed E-state index contributed by atoms with van der Waals surface area (Å²) >= 11 is 0. The molecule has 5 aliphatic rings. The Hall–Kier alpha value is -3.59. The maximum atomic E-state index is 12.0. The summed E-state index contributed by atoms with van der Waals surface area (Å²) in [5, 5.41) is 11.5. The maximum Gasteiger partial charge on any atom is 0.410 e. The standard InChI is InChI=1S/C19H24N2O2.C13H14N2.C5H12O.C4H8O/c1-2-3-4-14-23-19(22)21-12-9-15(10-13-21)16-7-8-18-17(16)6-5-11-20-18;1-2-12-11(3-4-13(12)15-7-1)10-5-8-14-9-6-10;1-2-3-4-5-6;1-2-4-5-3-1/h5-7,9,11H,2-4,8,10,12-14H2,1H3;1-3,5,7,14H,4,6,8-9H2;6H,2-5H2,1H3;1-4H2. The number of amides is 1. The first-order chi connectivity index (χ1) is 24.2. The second-order valence-corrected chi connectivity index (χ2v) is 12.8. The number of ether oxygens (including phenoxy) is 2. The molecular weight excluding hydrogens is 612 g/mol. The third kappa shape index (κ3) is 12.4. The number of rotatable bonds is 9. The smallest absolute Gasteiger partial charge is 0.410 e. The van der Waals surface area contributed by atoms with Crippen molar-refractivity contribution >= 4 is 17.2 Å². The molecule has 0 saturated carbocycles. The molecule has 8 nitrogen and oxygen atoms in total. The number of pyridine rings is 2. The number of nitrogens with one attached hydrogen (secondary N) is 1. The molecule has 0 spiro atoms. The Morgan fingerprint density at radius 1 is 0.857 bits per heavy atom. The van der Waals surface area contributed by atoms with E-state index in [4.69, 9.17) is 14.6 Å². The van der Waals surface area contributed by atoms with Gasteiger partial charge in [-0.15, -0.1) is 0 Å². The van der Waals surface area contributed by atoms with Crippen molar-refractivity contribution in [3.63, 3.8) is 0 Å². The Bertz CT molecular complexity index is 1410. The van der Waals surface area contributed by atoms with Crippen molar-refractivity contribution in [2.24, 2.45) is 0 Å². The van der Waals surface area contributed by atoms with E-state index in [0.717, 1.165) is 96.3 Å². The SMILES string of the molecule is C1=C(C2=CCc3ncccc32)CCNC1.C1CCOC1.CCCCCO.CCCCCOC(=O)N1CC=C(C2=CCc3ncccc32)CC1. The molecule has 2 N–H and O–H groups in total. The highest BCUT2D eigenvalue weighted by atomic mass is 16.6. The van der Waals surface area contributed by atoms with Gasteiger partial charge in [0.2, 0.25) is 0 Å². The largest absolute Gasteiger partial charge is 0.449 e. The molecule has 0 radical (unpaired) electrons. The topological polar surface area (TPSA) is 96.8 Å². The molecule has 49 heavy (non-hydrogen) atoms. The molecule has 7 rings (SSSR count). The monoisotopic (exact) mass is 670 g/mol. The lowest BCUT2D eigenvalue weighted by molar-refractivity contribution is 0.104. The van der Waals surface area contributed by atoms with Gasteiger partial charge in [0.05, 0.1) is 18.0 Å². The van der Waals surface area contributed by atoms with E-state index in [1.807, 2.05) is 24.5 Å². The molecule has 2 aromatic rings. The summed E-state index contributed by atoms with van der Waals surface area (Å²) in [7, 11) is 0. The minimum Gasteiger partial charge on any atom is -0.449 e. The first-order valence-electron chi connectivity index (χ1n) is 18.6. The quantitative estimate of drug-likeness (QED) is 0.262. The summed E-state index contributed by atoms with van der Waals surface area (Å²) in [6, 6.07) is 8.33. The van der Waals surface area contributed by atoms with Crippen LogP contribution in [-0.2, 0) is 22.3 Å². The number of hydrogen-bond donors (Lipinski definition) is 2. The number of aromatic nitrogens is 2. The highest BCUT2D eigenvalue weighted by Gasteiger charge is 2.23. The molecule has 1 amide bonds. The van der Waals surface area contributed by atoms with Gasteiger partial charge in [0.25, 0.3) is 0 Å². The number of nitrogens with zero attached hydrogens (tertiary/aromatic N) is 3. The molecule has 1 fully saturated rings. The van der Waals surface area contributed by atoms with E-state index >= 15 is 0 Å². The molecule has 2 aromatic heterocycles. The normalized spacial score (nSPS) is 17.3. The highest BCUT2D eigenvalue weighted by molar-refractivity contribution is 5.84. The van der Waals surface area contributed by atoms with E-state index in [0.29, 0.717) is 19.8 Å². The highest BCUT2D eigenvalue weighted by Crippen LogP contribution is 2.35. The van der Waals surface area contributed by atoms with E-state index in [-0.39, 0.29) is 6.09 Å². The Morgan fingerprint density at radius 3 is 1.98 bits per heavy atom. The van der Waals surface area contributed by atoms with Crippen molar-refractivity contribution in [3.8, 4) is 0 Å². The lowest BCUT2D eigenvalue weighted by atomic mass is 9.96. The van der Waals surface area contributed by atoms with Crippen LogP contribution in [0.1, 0.15) is 101 Å². The van der Waals surface area contributed by atoms with Gasteiger partial charge >= 0.3 is 6.09 Å². The second-order valence-electron chi connectivity index (χ2n) is 12.8. The molecule has 0 bridgehead atoms. The first-order valence-corrected chi connectivity index (χ1v) is 18.6. The van der Waals surface area contributed by atoms with Crippen LogP contribution in [0.4, 0.5) is 4.79 Å². The Balaban J connectivity index is 0.000000176. The van der Waals surface area contributed by atoms with Gasteiger partial charge in [-0.1, -0.05) is 76.0 Å². The third-order valence-corrected chi connectivity index (χ3v) is 9.15. The molecule has 2 aliphatic carbocycles. The van der Waals surface area contributed by atoms with Crippen molar-refractivity contribution in [1.82, 2.24) is 20.2 Å². The fraction of sp³-hybridized carbons (Fsp3) is 0.537. The minimum atomic E-state index is -0.182. The van der Waals surface area contributed by atoms with E-state index in [9.17, 15) is 4.79 Å². The first kappa shape index (κ1) is 38.2. The van der Waals surface area contributed by atoms with Crippen LogP contribution in [0, 0.1) is 0 Å². The van der Waals surface area contributed by atoms with Crippen LogP contribution in [0.5, 0.6) is 0 Å². The van der Waals surface area contributed by atoms with Gasteiger partial charge in [-0.25, -0.2) is 4.79 Å². The van der Waals surface area contributed by atoms with E-state index in [1.165, 1.54) is 58.4 Å². The zero-order chi connectivity index (χ0) is 34.5. The average molecular weight is 671 g/mol. The molecule has 8 heteroatoms. The van der Waals surface area contributed by atoms with Crippen LogP contribution in [0.3, 0.4) is 0 Å². The summed E-state index contributed by atoms with van der Waals surface area (Å²) in [6.07, 6.45) is 25.6. The van der Waals surface area contributed by atoms with Gasteiger partial charge in [-0.05, 0) is 79.5 Å². The van der Waals surface area contributed by atoms with Crippen LogP contribution in [0.2, 0.25) is 0 Å². The number of hydrogen-bond acceptors (Lipinski definition) is 7. The average Bonchev–Trinajstić information content (AvgIpc) is 3.96. The molecule has 0 unspecified atom stereocenters. The lowest BCUT2D eigenvalue weighted by Crippen LogP contribution is -2.35. The Morgan fingerprint density at radius 2 is 1.49 bits per heavy atom. The minimum absolute atomic E-state index is 0.182. The molecule has 0 atom stereocenters. The zero-order valence-electron chi connectivity index (χ0n) is 29.9. The third-order valence-electron chi connectivity index (χ3n) is 9.15. The van der Waals surface area contributed by atoms with Gasteiger partial charge in [-0.3, -0.25) is 9.97 Å². The molecule has 5 heterocycles. The summed E-state index contributed by atoms with van der Waals surface area (Å²) in [6.45, 7) is 10.6. The van der Waals surface area contributed by atoms with Gasteiger partial charge in [0.1, 0.15) is 0 Å². The predicted molar refractivity (Wildman–Crippen MR) is 199 cm³/mol. The number of unbranched alkanes of at least 4 members (excludes halogenated alkanes) is 4. The second kappa shape index (κ2) is 22.2. The summed E-state index contributed by atoms with van der Waals surface area (Å²) in [4.78, 5) is 22.7. The summed E-state index contributed by atoms with van der Waals surface area (Å²) in [5.74, 6) is 0. The Kier molecular flexibility index (Phi) is 17.3. The molecule has 266 valence electrons. The van der Waals surface area contributed by atoms with Crippen LogP contribution < -0.4 is 5.32 Å². The Labute approximate surface area is 294 Å².